The molecule has 9 nitrogen and oxygen atoms in total. The van der Waals surface area contributed by atoms with Crippen LogP contribution in [0.5, 0.6) is 0 Å². The van der Waals surface area contributed by atoms with Crippen LogP contribution < -0.4 is 21.5 Å². The first-order chi connectivity index (χ1) is 17.3. The number of aromatic carboxylic acids is 1. The van der Waals surface area contributed by atoms with Crippen LogP contribution >= 0.6 is 0 Å². The molecule has 1 aliphatic rings. The summed E-state index contributed by atoms with van der Waals surface area (Å²) in [6.45, 7) is 0.490. The topological polar surface area (TPSA) is 114 Å². The third-order valence-electron chi connectivity index (χ3n) is 5.89. The van der Waals surface area contributed by atoms with E-state index < -0.39 is 70.1 Å². The number of amides is 2. The van der Waals surface area contributed by atoms with E-state index in [1.54, 1.807) is 0 Å². The zero-order valence-corrected chi connectivity index (χ0v) is 18.9. The van der Waals surface area contributed by atoms with Gasteiger partial charge in [-0.05, 0) is 24.1 Å². The summed E-state index contributed by atoms with van der Waals surface area (Å²) in [6, 6.07) is 3.68. The number of nitrogens with one attached hydrogen (secondary N) is 1. The molecule has 194 valence electrons. The van der Waals surface area contributed by atoms with Gasteiger partial charge in [-0.3, -0.25) is 18.8 Å². The molecule has 0 spiro atoms. The Balaban J connectivity index is 1.89. The van der Waals surface area contributed by atoms with Gasteiger partial charge in [-0.1, -0.05) is 12.1 Å². The molecule has 2 aromatic carbocycles. The van der Waals surface area contributed by atoms with Crippen molar-refractivity contribution >= 4 is 17.7 Å². The highest BCUT2D eigenvalue weighted by molar-refractivity contribution is 5.94. The first kappa shape index (κ1) is 25.6. The molecule has 0 unspecified atom stereocenters. The zero-order chi connectivity index (χ0) is 27.2. The van der Waals surface area contributed by atoms with Crippen LogP contribution in [0.3, 0.4) is 0 Å². The van der Waals surface area contributed by atoms with Gasteiger partial charge in [0.15, 0.2) is 11.6 Å². The van der Waals surface area contributed by atoms with E-state index in [2.05, 4.69) is 5.32 Å². The second kappa shape index (κ2) is 9.19. The average molecular weight is 524 g/mol. The van der Waals surface area contributed by atoms with E-state index in [9.17, 15) is 46.2 Å². The highest BCUT2D eigenvalue weighted by Crippen LogP contribution is 2.33. The molecule has 2 heterocycles. The van der Waals surface area contributed by atoms with Gasteiger partial charge in [-0.15, -0.1) is 0 Å². The molecule has 1 fully saturated rings. The van der Waals surface area contributed by atoms with Gasteiger partial charge in [-0.25, -0.2) is 23.2 Å². The molecular formula is C23H17F5N4O5. The number of benzene rings is 2. The largest absolute Gasteiger partial charge is 0.477 e. The standard InChI is InChI=1S/C23H17F5N4O5/c1-11-12(3-2-4-15(11)23(26,27)28)9-32-19(33)14(20(34)35)10-31(22(32)37)13-7-16(24)18(17(25)8-13)30-6-5-29-21(30)36/h2-4,7-8,10H,5-6,9H2,1H3,(H,29,36)(H,34,35). The Morgan fingerprint density at radius 2 is 1.76 bits per heavy atom. The fraction of sp³-hybridized carbons (Fsp3) is 0.217. The van der Waals surface area contributed by atoms with Crippen LogP contribution in [-0.4, -0.2) is 39.3 Å². The summed E-state index contributed by atoms with van der Waals surface area (Å²) < 4.78 is 70.6. The fourth-order valence-corrected chi connectivity index (χ4v) is 4.04. The molecule has 0 saturated carbocycles. The first-order valence-corrected chi connectivity index (χ1v) is 10.6. The number of hydrogen-bond acceptors (Lipinski definition) is 4. The zero-order valence-electron chi connectivity index (χ0n) is 18.9. The van der Waals surface area contributed by atoms with E-state index in [1.165, 1.54) is 6.07 Å². The SMILES string of the molecule is Cc1c(Cn2c(=O)c(C(=O)O)cn(-c3cc(F)c(N4CCNC4=O)c(F)c3)c2=O)cccc1C(F)(F)F. The normalized spacial score (nSPS) is 13.7. The van der Waals surface area contributed by atoms with Crippen LogP contribution in [0.1, 0.15) is 27.0 Å². The van der Waals surface area contributed by atoms with Gasteiger partial charge in [0, 0.05) is 31.4 Å². The van der Waals surface area contributed by atoms with Gasteiger partial charge < -0.3 is 10.4 Å². The number of carboxylic acids is 1. The molecule has 1 saturated heterocycles. The van der Waals surface area contributed by atoms with E-state index in [1.807, 2.05) is 0 Å². The van der Waals surface area contributed by atoms with E-state index in [-0.39, 0.29) is 24.2 Å². The number of hydrogen-bond donors (Lipinski definition) is 2. The van der Waals surface area contributed by atoms with Crippen LogP contribution in [0.4, 0.5) is 32.4 Å². The lowest BCUT2D eigenvalue weighted by Crippen LogP contribution is -2.42. The highest BCUT2D eigenvalue weighted by Gasteiger charge is 2.33. The van der Waals surface area contributed by atoms with Crippen molar-refractivity contribution in [2.75, 3.05) is 18.0 Å². The van der Waals surface area contributed by atoms with Crippen LogP contribution in [-0.2, 0) is 12.7 Å². The number of carboxylic acid groups (broad SMARTS) is 1. The van der Waals surface area contributed by atoms with E-state index in [4.69, 9.17) is 0 Å². The van der Waals surface area contributed by atoms with Crippen LogP contribution in [0, 0.1) is 18.6 Å². The summed E-state index contributed by atoms with van der Waals surface area (Å²) in [4.78, 5) is 50.3. The molecule has 3 aromatic rings. The van der Waals surface area contributed by atoms with Gasteiger partial charge in [0.2, 0.25) is 0 Å². The Kier molecular flexibility index (Phi) is 6.35. The lowest BCUT2D eigenvalue weighted by molar-refractivity contribution is -0.138. The molecule has 0 atom stereocenters. The number of nitrogens with zero attached hydrogens (tertiary/aromatic N) is 3. The summed E-state index contributed by atoms with van der Waals surface area (Å²) in [5.74, 6) is -4.27. The van der Waals surface area contributed by atoms with Crippen molar-refractivity contribution in [3.63, 3.8) is 0 Å². The molecule has 1 aliphatic heterocycles. The molecule has 2 N–H and O–H groups in total. The quantitative estimate of drug-likeness (QED) is 0.499. The Labute approximate surface area is 204 Å². The smallest absolute Gasteiger partial charge is 0.416 e. The molecule has 2 amide bonds. The number of carbonyl (C=O) groups is 2. The predicted octanol–water partition coefficient (Wildman–Crippen LogP) is 2.88. The van der Waals surface area contributed by atoms with Crippen LogP contribution in [0.2, 0.25) is 0 Å². The Morgan fingerprint density at radius 1 is 1.11 bits per heavy atom. The first-order valence-electron chi connectivity index (χ1n) is 10.6. The Morgan fingerprint density at radius 3 is 2.30 bits per heavy atom. The number of carbonyl (C=O) groups excluding carboxylic acids is 1. The van der Waals surface area contributed by atoms with Crippen molar-refractivity contribution in [1.82, 2.24) is 14.5 Å². The van der Waals surface area contributed by atoms with Crippen molar-refractivity contribution < 1.29 is 36.6 Å². The van der Waals surface area contributed by atoms with E-state index in [0.29, 0.717) is 27.5 Å². The molecule has 4 rings (SSSR count). The van der Waals surface area contributed by atoms with Crippen LogP contribution in [0.25, 0.3) is 5.69 Å². The monoisotopic (exact) mass is 524 g/mol. The van der Waals surface area contributed by atoms with E-state index in [0.717, 1.165) is 24.0 Å². The molecule has 1 aromatic heterocycles. The summed E-state index contributed by atoms with van der Waals surface area (Å²) in [7, 11) is 0. The highest BCUT2D eigenvalue weighted by atomic mass is 19.4. The van der Waals surface area contributed by atoms with Crippen molar-refractivity contribution in [1.29, 1.82) is 0 Å². The fourth-order valence-electron chi connectivity index (χ4n) is 4.04. The minimum atomic E-state index is -4.72. The Hall–Kier alpha value is -4.49. The van der Waals surface area contributed by atoms with Crippen molar-refractivity contribution in [3.05, 3.63) is 91.3 Å². The molecule has 37 heavy (non-hydrogen) atoms. The number of alkyl halides is 3. The summed E-state index contributed by atoms with van der Waals surface area (Å²) in [5.41, 5.74) is -6.16. The predicted molar refractivity (Wildman–Crippen MR) is 119 cm³/mol. The second-order valence-electron chi connectivity index (χ2n) is 8.12. The van der Waals surface area contributed by atoms with Gasteiger partial charge in [-0.2, -0.15) is 13.2 Å². The van der Waals surface area contributed by atoms with Gasteiger partial charge in [0.05, 0.1) is 17.8 Å². The number of rotatable bonds is 5. The van der Waals surface area contributed by atoms with Gasteiger partial charge >= 0.3 is 23.9 Å². The maximum atomic E-state index is 14.9. The molecule has 0 bridgehead atoms. The summed E-state index contributed by atoms with van der Waals surface area (Å²) in [6.07, 6.45) is -4.16. The second-order valence-corrected chi connectivity index (χ2v) is 8.12. The summed E-state index contributed by atoms with van der Waals surface area (Å²) in [5, 5.41) is 11.9. The molecule has 0 aliphatic carbocycles. The summed E-state index contributed by atoms with van der Waals surface area (Å²) >= 11 is 0. The van der Waals surface area contributed by atoms with Gasteiger partial charge in [0.1, 0.15) is 11.3 Å². The van der Waals surface area contributed by atoms with Crippen LogP contribution in [0.15, 0.2) is 46.1 Å². The average Bonchev–Trinajstić information content (AvgIpc) is 3.21. The maximum Gasteiger partial charge on any atom is 0.416 e. The minimum Gasteiger partial charge on any atom is -0.477 e. The lowest BCUT2D eigenvalue weighted by Gasteiger charge is -2.18. The molecule has 14 heteroatoms. The Bertz CT molecular complexity index is 1540. The van der Waals surface area contributed by atoms with Crippen molar-refractivity contribution in [2.24, 2.45) is 0 Å². The van der Waals surface area contributed by atoms with Gasteiger partial charge in [0.25, 0.3) is 5.56 Å². The number of halogens is 5. The number of aromatic nitrogens is 2. The van der Waals surface area contributed by atoms with Crippen molar-refractivity contribution in [3.8, 4) is 5.69 Å². The number of anilines is 1. The van der Waals surface area contributed by atoms with E-state index >= 15 is 0 Å². The third kappa shape index (κ3) is 4.57. The van der Waals surface area contributed by atoms with Crippen molar-refractivity contribution in [2.45, 2.75) is 19.6 Å². The lowest BCUT2D eigenvalue weighted by atomic mass is 10.0. The molecule has 0 radical (unpaired) electrons. The minimum absolute atomic E-state index is 0.0314. The molecular weight excluding hydrogens is 507 g/mol. The number of urea groups is 1. The maximum absolute atomic E-state index is 14.9. The third-order valence-corrected chi connectivity index (χ3v) is 5.89.